The van der Waals surface area contributed by atoms with Crippen LogP contribution in [0, 0.1) is 0 Å². The van der Waals surface area contributed by atoms with Crippen molar-refractivity contribution in [3.05, 3.63) is 0 Å². The van der Waals surface area contributed by atoms with Crippen LogP contribution in [0.3, 0.4) is 0 Å². The van der Waals surface area contributed by atoms with Crippen molar-refractivity contribution >= 4 is 12.1 Å². The molecule has 0 aromatic rings. The highest BCUT2D eigenvalue weighted by Gasteiger charge is 2.43. The molecule has 1 aliphatic rings. The maximum atomic E-state index is 12.0. The van der Waals surface area contributed by atoms with Gasteiger partial charge in [-0.05, 0) is 40.5 Å². The van der Waals surface area contributed by atoms with E-state index in [0.717, 1.165) is 0 Å². The first-order chi connectivity index (χ1) is 8.05. The number of ether oxygens (including phenoxy) is 1. The Morgan fingerprint density at radius 1 is 1.44 bits per heavy atom. The van der Waals surface area contributed by atoms with Crippen molar-refractivity contribution in [3.8, 4) is 0 Å². The number of piperidine rings is 1. The van der Waals surface area contributed by atoms with E-state index in [1.165, 1.54) is 4.90 Å². The second kappa shape index (κ2) is 4.76. The van der Waals surface area contributed by atoms with E-state index in [9.17, 15) is 9.59 Å². The molecule has 2 unspecified atom stereocenters. The molecule has 0 bridgehead atoms. The third-order valence-electron chi connectivity index (χ3n) is 3.05. The Bertz CT molecular complexity index is 350. The maximum Gasteiger partial charge on any atom is 0.410 e. The Labute approximate surface area is 107 Å². The van der Waals surface area contributed by atoms with E-state index in [2.05, 4.69) is 0 Å². The molecule has 104 valence electrons. The van der Waals surface area contributed by atoms with Crippen LogP contribution in [0.2, 0.25) is 0 Å². The van der Waals surface area contributed by atoms with Gasteiger partial charge in [-0.1, -0.05) is 0 Å². The van der Waals surface area contributed by atoms with Gasteiger partial charge in [0.25, 0.3) is 0 Å². The maximum absolute atomic E-state index is 12.0. The molecule has 0 spiro atoms. The molecule has 2 atom stereocenters. The number of rotatable bonds is 1. The highest BCUT2D eigenvalue weighted by Crippen LogP contribution is 2.25. The Morgan fingerprint density at radius 2 is 2.00 bits per heavy atom. The highest BCUT2D eigenvalue weighted by atomic mass is 16.6. The average Bonchev–Trinajstić information content (AvgIpc) is 2.19. The van der Waals surface area contributed by atoms with Crippen LogP contribution in [0.25, 0.3) is 0 Å². The fourth-order valence-corrected chi connectivity index (χ4v) is 1.90. The number of nitrogens with two attached hydrogens (primary N) is 1. The molecule has 1 fully saturated rings. The van der Waals surface area contributed by atoms with E-state index in [4.69, 9.17) is 15.6 Å². The molecule has 1 amide bonds. The minimum Gasteiger partial charge on any atom is -0.480 e. The van der Waals surface area contributed by atoms with Gasteiger partial charge in [-0.3, -0.25) is 4.79 Å². The number of aliphatic carboxylic acids is 1. The first-order valence-electron chi connectivity index (χ1n) is 6.07. The number of hydrogen-bond donors (Lipinski definition) is 2. The van der Waals surface area contributed by atoms with Crippen molar-refractivity contribution in [2.24, 2.45) is 5.73 Å². The fraction of sp³-hybridized carbons (Fsp3) is 0.833. The van der Waals surface area contributed by atoms with Gasteiger partial charge in [-0.25, -0.2) is 4.79 Å². The molecule has 0 aromatic carbocycles. The van der Waals surface area contributed by atoms with Gasteiger partial charge >= 0.3 is 12.1 Å². The van der Waals surface area contributed by atoms with Gasteiger partial charge in [0.2, 0.25) is 0 Å². The molecule has 6 heteroatoms. The zero-order chi connectivity index (χ0) is 14.1. The van der Waals surface area contributed by atoms with Crippen molar-refractivity contribution < 1.29 is 19.4 Å². The molecular weight excluding hydrogens is 236 g/mol. The number of likely N-dealkylation sites (tertiary alicyclic amines) is 1. The molecule has 6 nitrogen and oxygen atoms in total. The number of carbonyl (C=O) groups excluding carboxylic acids is 1. The van der Waals surface area contributed by atoms with Gasteiger partial charge in [0, 0.05) is 6.04 Å². The van der Waals surface area contributed by atoms with E-state index in [1.807, 2.05) is 6.92 Å². The number of carboxylic acid groups (broad SMARTS) is 1. The van der Waals surface area contributed by atoms with Gasteiger partial charge in [0.15, 0.2) is 0 Å². The zero-order valence-corrected chi connectivity index (χ0v) is 11.4. The Hall–Kier alpha value is -1.30. The quantitative estimate of drug-likeness (QED) is 0.737. The second-order valence-corrected chi connectivity index (χ2v) is 5.96. The smallest absolute Gasteiger partial charge is 0.410 e. The Morgan fingerprint density at radius 3 is 2.44 bits per heavy atom. The molecule has 3 N–H and O–H groups in total. The summed E-state index contributed by atoms with van der Waals surface area (Å²) in [5.74, 6) is -1.08. The van der Waals surface area contributed by atoms with Crippen molar-refractivity contribution in [1.82, 2.24) is 4.90 Å². The van der Waals surface area contributed by atoms with Crippen molar-refractivity contribution in [2.75, 3.05) is 6.54 Å². The Kier molecular flexibility index (Phi) is 3.90. The van der Waals surface area contributed by atoms with Crippen LogP contribution in [0.5, 0.6) is 0 Å². The Balaban J connectivity index is 2.80. The van der Waals surface area contributed by atoms with Crippen LogP contribution in [0.4, 0.5) is 4.79 Å². The molecule has 0 aromatic heterocycles. The molecule has 0 radical (unpaired) electrons. The van der Waals surface area contributed by atoms with Gasteiger partial charge in [-0.15, -0.1) is 0 Å². The van der Waals surface area contributed by atoms with E-state index < -0.39 is 23.2 Å². The van der Waals surface area contributed by atoms with Crippen molar-refractivity contribution in [1.29, 1.82) is 0 Å². The molecule has 1 heterocycles. The fourth-order valence-electron chi connectivity index (χ4n) is 1.90. The van der Waals surface area contributed by atoms with Crippen LogP contribution in [0.1, 0.15) is 40.5 Å². The lowest BCUT2D eigenvalue weighted by molar-refractivity contribution is -0.145. The summed E-state index contributed by atoms with van der Waals surface area (Å²) in [6.07, 6.45) is 0.413. The summed E-state index contributed by atoms with van der Waals surface area (Å²) < 4.78 is 5.26. The lowest BCUT2D eigenvalue weighted by atomic mass is 9.87. The van der Waals surface area contributed by atoms with Gasteiger partial charge in [-0.2, -0.15) is 0 Å². The molecule has 1 aliphatic heterocycles. The predicted octanol–water partition coefficient (Wildman–Crippen LogP) is 1.19. The third-order valence-corrected chi connectivity index (χ3v) is 3.05. The van der Waals surface area contributed by atoms with Crippen LogP contribution in [-0.2, 0) is 9.53 Å². The standard InChI is InChI=1S/C12H22N2O4/c1-8-5-6-12(13,9(15)16)7-14(8)10(17)18-11(2,3)4/h8H,5-7,13H2,1-4H3,(H,15,16). The van der Waals surface area contributed by atoms with E-state index in [1.54, 1.807) is 20.8 Å². The van der Waals surface area contributed by atoms with E-state index in [0.29, 0.717) is 12.8 Å². The van der Waals surface area contributed by atoms with Gasteiger partial charge in [0.05, 0.1) is 6.54 Å². The van der Waals surface area contributed by atoms with E-state index in [-0.39, 0.29) is 12.6 Å². The highest BCUT2D eigenvalue weighted by molar-refractivity contribution is 5.80. The summed E-state index contributed by atoms with van der Waals surface area (Å²) in [5.41, 5.74) is 3.83. The summed E-state index contributed by atoms with van der Waals surface area (Å²) in [6, 6.07) is -0.0594. The average molecular weight is 258 g/mol. The first-order valence-corrected chi connectivity index (χ1v) is 6.07. The number of amides is 1. The number of hydrogen-bond acceptors (Lipinski definition) is 4. The molecule has 0 aliphatic carbocycles. The third kappa shape index (κ3) is 3.35. The van der Waals surface area contributed by atoms with Crippen LogP contribution in [-0.4, -0.2) is 45.8 Å². The predicted molar refractivity (Wildman–Crippen MR) is 66.2 cm³/mol. The lowest BCUT2D eigenvalue weighted by Crippen LogP contribution is -2.62. The second-order valence-electron chi connectivity index (χ2n) is 5.96. The molecule has 1 saturated heterocycles. The SMILES string of the molecule is CC1CCC(N)(C(=O)O)CN1C(=O)OC(C)(C)C. The largest absolute Gasteiger partial charge is 0.480 e. The lowest BCUT2D eigenvalue weighted by Gasteiger charge is -2.41. The van der Waals surface area contributed by atoms with Crippen LogP contribution in [0.15, 0.2) is 0 Å². The molecule has 18 heavy (non-hydrogen) atoms. The van der Waals surface area contributed by atoms with Crippen molar-refractivity contribution in [2.45, 2.75) is 57.7 Å². The van der Waals surface area contributed by atoms with Gasteiger partial charge in [0.1, 0.15) is 11.1 Å². The first kappa shape index (κ1) is 14.8. The van der Waals surface area contributed by atoms with E-state index >= 15 is 0 Å². The summed E-state index contributed by atoms with van der Waals surface area (Å²) in [6.45, 7) is 7.16. The number of nitrogens with zero attached hydrogens (tertiary/aromatic N) is 1. The minimum absolute atomic E-state index is 0.0155. The zero-order valence-electron chi connectivity index (χ0n) is 11.4. The summed E-state index contributed by atoms with van der Waals surface area (Å²) in [4.78, 5) is 24.5. The molecular formula is C12H22N2O4. The van der Waals surface area contributed by atoms with Crippen LogP contribution < -0.4 is 5.73 Å². The summed E-state index contributed by atoms with van der Waals surface area (Å²) in [7, 11) is 0. The monoisotopic (exact) mass is 258 g/mol. The van der Waals surface area contributed by atoms with Gasteiger partial charge < -0.3 is 20.5 Å². The van der Waals surface area contributed by atoms with Crippen molar-refractivity contribution in [3.63, 3.8) is 0 Å². The minimum atomic E-state index is -1.37. The van der Waals surface area contributed by atoms with Crippen LogP contribution >= 0.6 is 0 Å². The normalized spacial score (nSPS) is 28.9. The number of carboxylic acids is 1. The summed E-state index contributed by atoms with van der Waals surface area (Å²) in [5, 5.41) is 9.11. The number of carbonyl (C=O) groups is 2. The topological polar surface area (TPSA) is 92.9 Å². The summed E-state index contributed by atoms with van der Waals surface area (Å²) >= 11 is 0. The molecule has 1 rings (SSSR count). The molecule has 0 saturated carbocycles.